The zero-order chi connectivity index (χ0) is 17.7. The van der Waals surface area contributed by atoms with Crippen LogP contribution in [0.3, 0.4) is 0 Å². The summed E-state index contributed by atoms with van der Waals surface area (Å²) < 4.78 is 31.1. The van der Waals surface area contributed by atoms with E-state index < -0.39 is 10.0 Å². The molecule has 0 bridgehead atoms. The highest BCUT2D eigenvalue weighted by atomic mass is 35.5. The largest absolute Gasteiger partial charge is 0.484 e. The van der Waals surface area contributed by atoms with Crippen molar-refractivity contribution in [2.45, 2.75) is 17.7 Å². The number of aryl methyl sites for hydroxylation is 1. The van der Waals surface area contributed by atoms with Crippen molar-refractivity contribution in [1.82, 2.24) is 10.0 Å². The number of benzene rings is 1. The minimum atomic E-state index is -3.45. The topological polar surface area (TPSA) is 84.5 Å². The molecular formula is C15H17ClN2O4S2. The molecule has 0 aliphatic heterocycles. The summed E-state index contributed by atoms with van der Waals surface area (Å²) in [5.74, 6) is 0.264. The molecule has 2 N–H and O–H groups in total. The minimum Gasteiger partial charge on any atom is -0.484 e. The minimum absolute atomic E-state index is 0.131. The molecule has 0 saturated carbocycles. The van der Waals surface area contributed by atoms with Crippen LogP contribution in [0.2, 0.25) is 5.02 Å². The van der Waals surface area contributed by atoms with E-state index in [1.807, 2.05) is 6.92 Å². The summed E-state index contributed by atoms with van der Waals surface area (Å²) in [6.45, 7) is 1.96. The van der Waals surface area contributed by atoms with Crippen molar-refractivity contribution in [1.29, 1.82) is 0 Å². The predicted molar refractivity (Wildman–Crippen MR) is 94.1 cm³/mol. The van der Waals surface area contributed by atoms with Gasteiger partial charge >= 0.3 is 0 Å². The first kappa shape index (κ1) is 18.7. The van der Waals surface area contributed by atoms with Gasteiger partial charge in [-0.15, -0.1) is 11.3 Å². The van der Waals surface area contributed by atoms with Crippen LogP contribution in [0.5, 0.6) is 5.75 Å². The molecule has 2 rings (SSSR count). The summed E-state index contributed by atoms with van der Waals surface area (Å²) in [4.78, 5) is 12.5. The Morgan fingerprint density at radius 3 is 2.71 bits per heavy atom. The second-order valence-electron chi connectivity index (χ2n) is 4.90. The van der Waals surface area contributed by atoms with Gasteiger partial charge in [-0.05, 0) is 49.9 Å². The lowest BCUT2D eigenvalue weighted by Crippen LogP contribution is -2.28. The quantitative estimate of drug-likeness (QED) is 0.762. The van der Waals surface area contributed by atoms with E-state index in [1.165, 1.54) is 13.1 Å². The van der Waals surface area contributed by atoms with Crippen molar-refractivity contribution < 1.29 is 17.9 Å². The third kappa shape index (κ3) is 4.94. The Kier molecular flexibility index (Phi) is 6.22. The number of halogens is 1. The van der Waals surface area contributed by atoms with Crippen LogP contribution in [-0.4, -0.2) is 28.0 Å². The molecule has 0 spiro atoms. The molecule has 0 saturated heterocycles. The van der Waals surface area contributed by atoms with E-state index in [0.717, 1.165) is 21.8 Å². The van der Waals surface area contributed by atoms with Gasteiger partial charge in [-0.1, -0.05) is 11.6 Å². The first-order valence-corrected chi connectivity index (χ1v) is 9.67. The number of sulfonamides is 1. The van der Waals surface area contributed by atoms with E-state index in [9.17, 15) is 13.2 Å². The molecule has 6 nitrogen and oxygen atoms in total. The van der Waals surface area contributed by atoms with Gasteiger partial charge in [0.15, 0.2) is 6.61 Å². The van der Waals surface area contributed by atoms with E-state index in [0.29, 0.717) is 10.8 Å². The first-order valence-electron chi connectivity index (χ1n) is 7.00. The summed E-state index contributed by atoms with van der Waals surface area (Å²) in [6.07, 6.45) is 0. The van der Waals surface area contributed by atoms with Crippen molar-refractivity contribution in [3.05, 3.63) is 45.8 Å². The van der Waals surface area contributed by atoms with Crippen LogP contribution >= 0.6 is 22.9 Å². The van der Waals surface area contributed by atoms with Gasteiger partial charge in [0.25, 0.3) is 5.91 Å². The van der Waals surface area contributed by atoms with Gasteiger partial charge in [0.2, 0.25) is 10.0 Å². The molecule has 0 aliphatic carbocycles. The monoisotopic (exact) mass is 388 g/mol. The highest BCUT2D eigenvalue weighted by molar-refractivity contribution is 7.91. The zero-order valence-electron chi connectivity index (χ0n) is 13.1. The van der Waals surface area contributed by atoms with Crippen LogP contribution in [0.15, 0.2) is 34.5 Å². The van der Waals surface area contributed by atoms with Crippen molar-refractivity contribution in [2.24, 2.45) is 0 Å². The number of hydrogen-bond donors (Lipinski definition) is 2. The molecule has 1 amide bonds. The summed E-state index contributed by atoms with van der Waals surface area (Å²) in [5, 5.41) is 3.32. The van der Waals surface area contributed by atoms with Crippen LogP contribution in [-0.2, 0) is 21.4 Å². The first-order chi connectivity index (χ1) is 11.3. The fourth-order valence-electron chi connectivity index (χ4n) is 1.79. The second-order valence-corrected chi connectivity index (χ2v) is 8.59. The maximum absolute atomic E-state index is 11.8. The number of amides is 1. The van der Waals surface area contributed by atoms with E-state index in [4.69, 9.17) is 16.3 Å². The van der Waals surface area contributed by atoms with Gasteiger partial charge in [-0.2, -0.15) is 0 Å². The molecule has 2 aromatic rings. The lowest BCUT2D eigenvalue weighted by atomic mass is 10.2. The van der Waals surface area contributed by atoms with Gasteiger partial charge in [0, 0.05) is 9.90 Å². The smallest absolute Gasteiger partial charge is 0.258 e. The predicted octanol–water partition coefficient (Wildman–Crippen LogP) is 2.31. The molecular weight excluding hydrogens is 372 g/mol. The number of hydrogen-bond acceptors (Lipinski definition) is 5. The molecule has 0 aliphatic rings. The maximum atomic E-state index is 11.8. The Morgan fingerprint density at radius 2 is 2.04 bits per heavy atom. The highest BCUT2D eigenvalue weighted by Crippen LogP contribution is 2.22. The van der Waals surface area contributed by atoms with Crippen molar-refractivity contribution in [3.8, 4) is 5.75 Å². The van der Waals surface area contributed by atoms with Crippen LogP contribution in [0, 0.1) is 6.92 Å². The molecule has 0 fully saturated rings. The standard InChI is InChI=1S/C15H17ClN2O4S2/c1-10-7-11(3-5-13(10)16)22-9-14(19)18-8-12-4-6-15(23-12)24(20,21)17-2/h3-7,17H,8-9H2,1-2H3,(H,18,19). The molecule has 1 heterocycles. The third-order valence-electron chi connectivity index (χ3n) is 3.13. The normalized spacial score (nSPS) is 11.3. The fraction of sp³-hybridized carbons (Fsp3) is 0.267. The average molecular weight is 389 g/mol. The summed E-state index contributed by atoms with van der Waals surface area (Å²) >= 11 is 7.03. The van der Waals surface area contributed by atoms with Gasteiger partial charge in [0.1, 0.15) is 9.96 Å². The van der Waals surface area contributed by atoms with Gasteiger partial charge in [-0.25, -0.2) is 13.1 Å². The summed E-state index contributed by atoms with van der Waals surface area (Å²) in [6, 6.07) is 8.32. The summed E-state index contributed by atoms with van der Waals surface area (Å²) in [5.41, 5.74) is 0.867. The van der Waals surface area contributed by atoms with E-state index in [2.05, 4.69) is 10.0 Å². The van der Waals surface area contributed by atoms with Gasteiger partial charge in [-0.3, -0.25) is 4.79 Å². The van der Waals surface area contributed by atoms with Crippen molar-refractivity contribution in [2.75, 3.05) is 13.7 Å². The number of rotatable bonds is 7. The Balaban J connectivity index is 1.84. The molecule has 1 aromatic carbocycles. The number of carbonyl (C=O) groups is 1. The average Bonchev–Trinajstić information content (AvgIpc) is 3.04. The van der Waals surface area contributed by atoms with Crippen LogP contribution < -0.4 is 14.8 Å². The van der Waals surface area contributed by atoms with Crippen molar-refractivity contribution in [3.63, 3.8) is 0 Å². The Hall–Kier alpha value is -1.61. The molecule has 0 radical (unpaired) electrons. The van der Waals surface area contributed by atoms with Crippen LogP contribution in [0.25, 0.3) is 0 Å². The molecule has 130 valence electrons. The third-order valence-corrected chi connectivity index (χ3v) is 6.55. The van der Waals surface area contributed by atoms with Crippen LogP contribution in [0.1, 0.15) is 10.4 Å². The maximum Gasteiger partial charge on any atom is 0.258 e. The summed E-state index contributed by atoms with van der Waals surface area (Å²) in [7, 11) is -2.10. The molecule has 24 heavy (non-hydrogen) atoms. The number of nitrogens with one attached hydrogen (secondary N) is 2. The Labute approximate surface area is 149 Å². The van der Waals surface area contributed by atoms with E-state index in [1.54, 1.807) is 24.3 Å². The lowest BCUT2D eigenvalue weighted by molar-refractivity contribution is -0.123. The van der Waals surface area contributed by atoms with E-state index >= 15 is 0 Å². The van der Waals surface area contributed by atoms with Crippen LogP contribution in [0.4, 0.5) is 0 Å². The Morgan fingerprint density at radius 1 is 1.29 bits per heavy atom. The molecule has 0 atom stereocenters. The SMILES string of the molecule is CNS(=O)(=O)c1ccc(CNC(=O)COc2ccc(Cl)c(C)c2)s1. The van der Waals surface area contributed by atoms with E-state index in [-0.39, 0.29) is 23.3 Å². The number of ether oxygens (including phenoxy) is 1. The fourth-order valence-corrected chi connectivity index (χ4v) is 4.04. The zero-order valence-corrected chi connectivity index (χ0v) is 15.5. The second kappa shape index (κ2) is 7.98. The molecule has 9 heteroatoms. The molecule has 1 aromatic heterocycles. The highest BCUT2D eigenvalue weighted by Gasteiger charge is 2.14. The number of thiophene rings is 1. The molecule has 0 unspecified atom stereocenters. The van der Waals surface area contributed by atoms with Crippen molar-refractivity contribution >= 4 is 38.9 Å². The van der Waals surface area contributed by atoms with Gasteiger partial charge < -0.3 is 10.1 Å². The number of carbonyl (C=O) groups excluding carboxylic acids is 1. The lowest BCUT2D eigenvalue weighted by Gasteiger charge is -2.08. The van der Waals surface area contributed by atoms with Gasteiger partial charge in [0.05, 0.1) is 6.54 Å². The Bertz CT molecular complexity index is 834.